The molecule has 142 valence electrons. The number of rotatable bonds is 5. The molecule has 7 heteroatoms. The average Bonchev–Trinajstić information content (AvgIpc) is 3.27. The van der Waals surface area contributed by atoms with Crippen LogP contribution < -0.4 is 10.6 Å². The SMILES string of the molecule is CN=C(NCC(c1ccc(C)s1)N1CCOCC1)NC1CCCC1.I. The molecule has 0 bridgehead atoms. The summed E-state index contributed by atoms with van der Waals surface area (Å²) in [7, 11) is 1.86. The lowest BCUT2D eigenvalue weighted by atomic mass is 10.2. The van der Waals surface area contributed by atoms with E-state index in [-0.39, 0.29) is 24.0 Å². The van der Waals surface area contributed by atoms with Gasteiger partial charge in [0.2, 0.25) is 0 Å². The molecule has 2 N–H and O–H groups in total. The number of halogens is 1. The Morgan fingerprint density at radius 2 is 2.04 bits per heavy atom. The zero-order chi connectivity index (χ0) is 16.8. The van der Waals surface area contributed by atoms with Gasteiger partial charge >= 0.3 is 0 Å². The molecular weight excluding hydrogens is 447 g/mol. The van der Waals surface area contributed by atoms with Crippen molar-refractivity contribution in [3.8, 4) is 0 Å². The zero-order valence-corrected chi connectivity index (χ0v) is 18.4. The minimum Gasteiger partial charge on any atom is -0.379 e. The average molecular weight is 478 g/mol. The Kier molecular flexibility index (Phi) is 8.95. The first-order chi connectivity index (χ1) is 11.8. The summed E-state index contributed by atoms with van der Waals surface area (Å²) in [5.74, 6) is 0.938. The molecule has 0 aromatic carbocycles. The minimum atomic E-state index is 0. The van der Waals surface area contributed by atoms with Crippen LogP contribution in [0.5, 0.6) is 0 Å². The van der Waals surface area contributed by atoms with Crippen LogP contribution in [0.15, 0.2) is 17.1 Å². The third-order valence-electron chi connectivity index (χ3n) is 4.96. The summed E-state index contributed by atoms with van der Waals surface area (Å²) in [6.07, 6.45) is 5.19. The number of guanidine groups is 1. The molecule has 1 atom stereocenters. The van der Waals surface area contributed by atoms with Gasteiger partial charge < -0.3 is 15.4 Å². The van der Waals surface area contributed by atoms with Gasteiger partial charge in [-0.1, -0.05) is 12.8 Å². The maximum atomic E-state index is 5.53. The number of nitrogens with one attached hydrogen (secondary N) is 2. The lowest BCUT2D eigenvalue weighted by Gasteiger charge is -2.34. The van der Waals surface area contributed by atoms with E-state index in [4.69, 9.17) is 4.74 Å². The highest BCUT2D eigenvalue weighted by molar-refractivity contribution is 14.0. The van der Waals surface area contributed by atoms with Crippen LogP contribution in [0.3, 0.4) is 0 Å². The molecule has 1 aromatic heterocycles. The van der Waals surface area contributed by atoms with Crippen LogP contribution in [0, 0.1) is 6.92 Å². The van der Waals surface area contributed by atoms with Gasteiger partial charge in [-0.25, -0.2) is 0 Å². The smallest absolute Gasteiger partial charge is 0.191 e. The standard InChI is InChI=1S/C18H30N4OS.HI/c1-14-7-8-17(24-14)16(22-9-11-23-12-10-22)13-20-18(19-2)21-15-5-3-4-6-15;/h7-8,15-16H,3-6,9-13H2,1-2H3,(H2,19,20,21);1H. The number of thiophene rings is 1. The Balaban J connectivity index is 0.00000225. The molecular formula is C18H31IN4OS. The largest absolute Gasteiger partial charge is 0.379 e. The molecule has 2 heterocycles. The summed E-state index contributed by atoms with van der Waals surface area (Å²) in [4.78, 5) is 9.76. The van der Waals surface area contributed by atoms with Crippen LogP contribution in [-0.4, -0.2) is 56.8 Å². The van der Waals surface area contributed by atoms with E-state index in [0.29, 0.717) is 12.1 Å². The van der Waals surface area contributed by atoms with Crippen molar-refractivity contribution >= 4 is 41.3 Å². The van der Waals surface area contributed by atoms with Gasteiger partial charge in [0.15, 0.2) is 5.96 Å². The van der Waals surface area contributed by atoms with E-state index in [1.54, 1.807) is 0 Å². The number of ether oxygens (including phenoxy) is 1. The van der Waals surface area contributed by atoms with Gasteiger partial charge in [0.25, 0.3) is 0 Å². The van der Waals surface area contributed by atoms with Gasteiger partial charge in [0.05, 0.1) is 19.3 Å². The quantitative estimate of drug-likeness (QED) is 0.388. The molecule has 1 unspecified atom stereocenters. The van der Waals surface area contributed by atoms with E-state index in [2.05, 4.69) is 39.6 Å². The van der Waals surface area contributed by atoms with Crippen molar-refractivity contribution in [3.63, 3.8) is 0 Å². The lowest BCUT2D eigenvalue weighted by Crippen LogP contribution is -2.47. The first kappa shape index (κ1) is 20.9. The fourth-order valence-corrected chi connectivity index (χ4v) is 4.60. The van der Waals surface area contributed by atoms with Crippen LogP contribution in [0.4, 0.5) is 0 Å². The van der Waals surface area contributed by atoms with E-state index >= 15 is 0 Å². The summed E-state index contributed by atoms with van der Waals surface area (Å²) < 4.78 is 5.53. The van der Waals surface area contributed by atoms with Crippen molar-refractivity contribution in [3.05, 3.63) is 21.9 Å². The number of aryl methyl sites for hydroxylation is 1. The van der Waals surface area contributed by atoms with Gasteiger partial charge in [0, 0.05) is 42.5 Å². The number of hydrogen-bond donors (Lipinski definition) is 2. The maximum Gasteiger partial charge on any atom is 0.191 e. The normalized spacial score (nSPS) is 21.0. The van der Waals surface area contributed by atoms with Gasteiger partial charge in [-0.2, -0.15) is 0 Å². The second-order valence-electron chi connectivity index (χ2n) is 6.69. The van der Waals surface area contributed by atoms with Gasteiger partial charge in [-0.3, -0.25) is 9.89 Å². The second-order valence-corrected chi connectivity index (χ2v) is 8.01. The van der Waals surface area contributed by atoms with E-state index in [1.165, 1.54) is 35.4 Å². The second kappa shape index (κ2) is 10.7. The Labute approximate surface area is 172 Å². The van der Waals surface area contributed by atoms with Crippen molar-refractivity contribution in [1.29, 1.82) is 0 Å². The van der Waals surface area contributed by atoms with Crippen molar-refractivity contribution < 1.29 is 4.74 Å². The monoisotopic (exact) mass is 478 g/mol. The third kappa shape index (κ3) is 6.08. The highest BCUT2D eigenvalue weighted by Gasteiger charge is 2.24. The van der Waals surface area contributed by atoms with Crippen molar-refractivity contribution in [2.45, 2.75) is 44.7 Å². The summed E-state index contributed by atoms with van der Waals surface area (Å²) in [6, 6.07) is 5.46. The molecule has 1 saturated carbocycles. The Morgan fingerprint density at radius 3 is 2.64 bits per heavy atom. The molecule has 2 fully saturated rings. The fraction of sp³-hybridized carbons (Fsp3) is 0.722. The van der Waals surface area contributed by atoms with E-state index in [9.17, 15) is 0 Å². The molecule has 0 amide bonds. The Bertz CT molecular complexity index is 539. The molecule has 0 radical (unpaired) electrons. The fourth-order valence-electron chi connectivity index (χ4n) is 3.58. The molecule has 1 aliphatic carbocycles. The summed E-state index contributed by atoms with van der Waals surface area (Å²) >= 11 is 1.90. The number of hydrogen-bond acceptors (Lipinski definition) is 4. The molecule has 1 aliphatic heterocycles. The van der Waals surface area contributed by atoms with E-state index in [0.717, 1.165) is 38.8 Å². The topological polar surface area (TPSA) is 48.9 Å². The number of aliphatic imine (C=N–C) groups is 1. The number of morpholine rings is 1. The highest BCUT2D eigenvalue weighted by Crippen LogP contribution is 2.28. The third-order valence-corrected chi connectivity index (χ3v) is 6.06. The summed E-state index contributed by atoms with van der Waals surface area (Å²) in [5, 5.41) is 7.14. The van der Waals surface area contributed by atoms with E-state index in [1.807, 2.05) is 18.4 Å². The lowest BCUT2D eigenvalue weighted by molar-refractivity contribution is 0.0177. The zero-order valence-electron chi connectivity index (χ0n) is 15.3. The Morgan fingerprint density at radius 1 is 1.32 bits per heavy atom. The first-order valence-electron chi connectivity index (χ1n) is 9.11. The maximum absolute atomic E-state index is 5.53. The van der Waals surface area contributed by atoms with Crippen LogP contribution in [0.25, 0.3) is 0 Å². The molecule has 1 saturated heterocycles. The molecule has 25 heavy (non-hydrogen) atoms. The van der Waals surface area contributed by atoms with Gasteiger partial charge in [-0.15, -0.1) is 35.3 Å². The summed E-state index contributed by atoms with van der Waals surface area (Å²) in [6.45, 7) is 6.71. The van der Waals surface area contributed by atoms with Crippen molar-refractivity contribution in [2.75, 3.05) is 39.9 Å². The first-order valence-corrected chi connectivity index (χ1v) is 9.93. The van der Waals surface area contributed by atoms with Gasteiger partial charge in [0.1, 0.15) is 0 Å². The summed E-state index contributed by atoms with van der Waals surface area (Å²) in [5.41, 5.74) is 0. The van der Waals surface area contributed by atoms with Crippen LogP contribution >= 0.6 is 35.3 Å². The van der Waals surface area contributed by atoms with Crippen LogP contribution in [-0.2, 0) is 4.74 Å². The molecule has 5 nitrogen and oxygen atoms in total. The van der Waals surface area contributed by atoms with E-state index < -0.39 is 0 Å². The van der Waals surface area contributed by atoms with Gasteiger partial charge in [-0.05, 0) is 31.9 Å². The molecule has 0 spiro atoms. The van der Waals surface area contributed by atoms with Crippen LogP contribution in [0.2, 0.25) is 0 Å². The Hall–Kier alpha value is -0.380. The molecule has 1 aromatic rings. The highest BCUT2D eigenvalue weighted by atomic mass is 127. The molecule has 2 aliphatic rings. The van der Waals surface area contributed by atoms with Crippen LogP contribution in [0.1, 0.15) is 41.5 Å². The molecule has 3 rings (SSSR count). The van der Waals surface area contributed by atoms with Crippen molar-refractivity contribution in [1.82, 2.24) is 15.5 Å². The van der Waals surface area contributed by atoms with Crippen molar-refractivity contribution in [2.24, 2.45) is 4.99 Å². The predicted octanol–water partition coefficient (Wildman–Crippen LogP) is 3.16. The number of nitrogens with zero attached hydrogens (tertiary/aromatic N) is 2. The predicted molar refractivity (Wildman–Crippen MR) is 116 cm³/mol. The minimum absolute atomic E-state index is 0.